The number of hydrogen-bond donors (Lipinski definition) is 1. The van der Waals surface area contributed by atoms with Crippen LogP contribution in [0.1, 0.15) is 12.5 Å². The first-order chi connectivity index (χ1) is 7.63. The van der Waals surface area contributed by atoms with E-state index in [9.17, 15) is 9.59 Å². The Morgan fingerprint density at radius 3 is 2.81 bits per heavy atom. The zero-order chi connectivity index (χ0) is 12.0. The van der Waals surface area contributed by atoms with Crippen LogP contribution in [-0.2, 0) is 20.7 Å². The molecule has 1 aromatic heterocycles. The molecule has 0 aliphatic rings. The van der Waals surface area contributed by atoms with Crippen LogP contribution in [-0.4, -0.2) is 25.0 Å². The lowest BCUT2D eigenvalue weighted by atomic mass is 10.1. The Kier molecular flexibility index (Phi) is 4.44. The normalized spacial score (nSPS) is 11.6. The number of H-pyrrole nitrogens is 1. The highest BCUT2D eigenvalue weighted by atomic mass is 16.5. The van der Waals surface area contributed by atoms with E-state index in [-0.39, 0.29) is 5.91 Å². The lowest BCUT2D eigenvalue weighted by Gasteiger charge is -2.14. The minimum atomic E-state index is -0.640. The summed E-state index contributed by atoms with van der Waals surface area (Å²) in [6.45, 7) is 1.37. The van der Waals surface area contributed by atoms with Gasteiger partial charge in [0, 0.05) is 25.0 Å². The van der Waals surface area contributed by atoms with Crippen molar-refractivity contribution in [3.05, 3.63) is 30.1 Å². The number of methoxy groups -OCH3 is 1. The van der Waals surface area contributed by atoms with E-state index in [0.29, 0.717) is 6.42 Å². The molecule has 5 nitrogen and oxygen atoms in total. The van der Waals surface area contributed by atoms with E-state index >= 15 is 0 Å². The molecule has 0 aliphatic carbocycles. The van der Waals surface area contributed by atoms with E-state index in [1.807, 2.05) is 12.1 Å². The fourth-order valence-corrected chi connectivity index (χ4v) is 1.37. The number of carbonyl (C=O) groups is 2. The molecule has 1 heterocycles. The summed E-state index contributed by atoms with van der Waals surface area (Å²) in [6, 6.07) is 3.06. The molecule has 0 saturated carbocycles. The van der Waals surface area contributed by atoms with Gasteiger partial charge in [-0.1, -0.05) is 0 Å². The second kappa shape index (κ2) is 5.85. The number of nitrogens with one attached hydrogen (secondary N) is 2. The fraction of sp³-hybridized carbons (Fsp3) is 0.364. The van der Waals surface area contributed by atoms with Crippen LogP contribution >= 0.6 is 0 Å². The van der Waals surface area contributed by atoms with Crippen LogP contribution in [0.5, 0.6) is 0 Å². The van der Waals surface area contributed by atoms with Crippen LogP contribution in [0, 0.1) is 0 Å². The molecule has 0 aromatic carbocycles. The summed E-state index contributed by atoms with van der Waals surface area (Å²) in [5, 5.41) is 2.55. The Balaban J connectivity index is 2.70. The molecule has 1 atom stereocenters. The first-order valence-electron chi connectivity index (χ1n) is 4.93. The van der Waals surface area contributed by atoms with E-state index < -0.39 is 12.0 Å². The number of pyridine rings is 1. The molecule has 86 valence electrons. The number of rotatable bonds is 4. The molecule has 0 unspecified atom stereocenters. The first kappa shape index (κ1) is 12.2. The average Bonchev–Trinajstić information content (AvgIpc) is 2.28. The molecule has 0 spiro atoms. The molecule has 0 aliphatic heterocycles. The molecule has 16 heavy (non-hydrogen) atoms. The Bertz CT molecular complexity index is 365. The highest BCUT2D eigenvalue weighted by Gasteiger charge is 2.20. The van der Waals surface area contributed by atoms with Crippen LogP contribution in [0.25, 0.3) is 0 Å². The van der Waals surface area contributed by atoms with E-state index in [1.54, 1.807) is 12.4 Å². The minimum absolute atomic E-state index is 0.254. The molecule has 0 saturated heterocycles. The van der Waals surface area contributed by atoms with E-state index in [0.717, 1.165) is 5.56 Å². The monoisotopic (exact) mass is 223 g/mol. The molecule has 0 bridgehead atoms. The van der Waals surface area contributed by atoms with Crippen molar-refractivity contribution in [2.45, 2.75) is 19.4 Å². The lowest BCUT2D eigenvalue weighted by molar-refractivity contribution is -0.378. The smallest absolute Gasteiger partial charge is 0.328 e. The number of aromatic amines is 1. The van der Waals surface area contributed by atoms with Crippen molar-refractivity contribution in [1.29, 1.82) is 0 Å². The quantitative estimate of drug-likeness (QED) is 0.714. The van der Waals surface area contributed by atoms with Gasteiger partial charge < -0.3 is 10.1 Å². The van der Waals surface area contributed by atoms with Crippen molar-refractivity contribution in [3.8, 4) is 0 Å². The number of amides is 1. The van der Waals surface area contributed by atoms with E-state index in [4.69, 9.17) is 0 Å². The van der Waals surface area contributed by atoms with Crippen molar-refractivity contribution >= 4 is 11.9 Å². The SMILES string of the molecule is COC(=O)[C@H](Cc1ccc[nH+]c1)NC(C)=O. The predicted octanol–water partition coefficient (Wildman–Crippen LogP) is -0.279. The highest BCUT2D eigenvalue weighted by Crippen LogP contribution is 2.01. The van der Waals surface area contributed by atoms with Crippen molar-refractivity contribution in [3.63, 3.8) is 0 Å². The van der Waals surface area contributed by atoms with Gasteiger partial charge in [0.1, 0.15) is 6.04 Å². The third kappa shape index (κ3) is 3.68. The van der Waals surface area contributed by atoms with Crippen LogP contribution in [0.3, 0.4) is 0 Å². The summed E-state index contributed by atoms with van der Waals surface area (Å²) in [7, 11) is 1.30. The van der Waals surface area contributed by atoms with Crippen molar-refractivity contribution in [2.75, 3.05) is 7.11 Å². The standard InChI is InChI=1S/C11H14N2O3/c1-8(14)13-10(11(15)16-2)6-9-4-3-5-12-7-9/h3-5,7,10H,6H2,1-2H3,(H,13,14)/p+1/t10-/m0/s1. The number of aromatic nitrogens is 1. The fourth-order valence-electron chi connectivity index (χ4n) is 1.37. The van der Waals surface area contributed by atoms with Gasteiger partial charge in [0.2, 0.25) is 5.91 Å². The second-order valence-electron chi connectivity index (χ2n) is 3.39. The van der Waals surface area contributed by atoms with E-state index in [1.165, 1.54) is 14.0 Å². The Labute approximate surface area is 93.8 Å². The van der Waals surface area contributed by atoms with Gasteiger partial charge in [0.15, 0.2) is 12.4 Å². The third-order valence-corrected chi connectivity index (χ3v) is 2.07. The van der Waals surface area contributed by atoms with Gasteiger partial charge in [-0.25, -0.2) is 9.78 Å². The molecular formula is C11H15N2O3+. The highest BCUT2D eigenvalue weighted by molar-refractivity contribution is 5.83. The summed E-state index contributed by atoms with van der Waals surface area (Å²) in [5.41, 5.74) is 0.923. The molecule has 0 fully saturated rings. The molecule has 1 rings (SSSR count). The average molecular weight is 223 g/mol. The maximum atomic E-state index is 11.4. The van der Waals surface area contributed by atoms with Crippen molar-refractivity contribution < 1.29 is 19.3 Å². The summed E-state index contributed by atoms with van der Waals surface area (Å²) < 4.78 is 4.62. The van der Waals surface area contributed by atoms with Crippen LogP contribution in [0.2, 0.25) is 0 Å². The number of esters is 1. The Morgan fingerprint density at radius 2 is 2.31 bits per heavy atom. The van der Waals surface area contributed by atoms with Crippen LogP contribution in [0.15, 0.2) is 24.5 Å². The lowest BCUT2D eigenvalue weighted by Crippen LogP contribution is -2.42. The molecule has 5 heteroatoms. The topological polar surface area (TPSA) is 69.5 Å². The van der Waals surface area contributed by atoms with Gasteiger partial charge in [0.25, 0.3) is 0 Å². The maximum Gasteiger partial charge on any atom is 0.328 e. The number of carbonyl (C=O) groups excluding carboxylic acids is 2. The van der Waals surface area contributed by atoms with Crippen LogP contribution in [0.4, 0.5) is 0 Å². The third-order valence-electron chi connectivity index (χ3n) is 2.07. The minimum Gasteiger partial charge on any atom is -0.467 e. The summed E-state index contributed by atoms with van der Waals surface area (Å²) in [5.74, 6) is -0.700. The number of hydrogen-bond acceptors (Lipinski definition) is 3. The number of ether oxygens (including phenoxy) is 1. The first-order valence-corrected chi connectivity index (χ1v) is 4.93. The van der Waals surface area contributed by atoms with Gasteiger partial charge in [-0.3, -0.25) is 4.79 Å². The molecular weight excluding hydrogens is 208 g/mol. The zero-order valence-corrected chi connectivity index (χ0v) is 9.32. The largest absolute Gasteiger partial charge is 0.467 e. The second-order valence-corrected chi connectivity index (χ2v) is 3.39. The predicted molar refractivity (Wildman–Crippen MR) is 56.3 cm³/mol. The van der Waals surface area contributed by atoms with Gasteiger partial charge in [-0.2, -0.15) is 0 Å². The van der Waals surface area contributed by atoms with Crippen LogP contribution < -0.4 is 10.3 Å². The van der Waals surface area contributed by atoms with Crippen molar-refractivity contribution in [1.82, 2.24) is 5.32 Å². The summed E-state index contributed by atoms with van der Waals surface area (Å²) in [6.07, 6.45) is 3.95. The molecule has 1 amide bonds. The van der Waals surface area contributed by atoms with Gasteiger partial charge >= 0.3 is 5.97 Å². The summed E-state index contributed by atoms with van der Waals surface area (Å²) >= 11 is 0. The molecule has 0 radical (unpaired) electrons. The molecule has 1 aromatic rings. The Hall–Kier alpha value is -1.91. The summed E-state index contributed by atoms with van der Waals surface area (Å²) in [4.78, 5) is 25.3. The van der Waals surface area contributed by atoms with Crippen molar-refractivity contribution in [2.24, 2.45) is 0 Å². The maximum absolute atomic E-state index is 11.4. The van der Waals surface area contributed by atoms with Gasteiger partial charge in [-0.15, -0.1) is 0 Å². The van der Waals surface area contributed by atoms with Gasteiger partial charge in [0.05, 0.1) is 7.11 Å². The van der Waals surface area contributed by atoms with Gasteiger partial charge in [-0.05, 0) is 6.07 Å². The zero-order valence-electron chi connectivity index (χ0n) is 9.32. The van der Waals surface area contributed by atoms with E-state index in [2.05, 4.69) is 15.0 Å². The Morgan fingerprint density at radius 1 is 1.56 bits per heavy atom. The molecule has 2 N–H and O–H groups in total.